The van der Waals surface area contributed by atoms with Crippen LogP contribution in [0, 0.1) is 6.92 Å². The van der Waals surface area contributed by atoms with Gasteiger partial charge in [0.1, 0.15) is 5.75 Å². The Hall–Kier alpha value is -2.52. The molecule has 124 valence electrons. The van der Waals surface area contributed by atoms with Gasteiger partial charge in [0.15, 0.2) is 0 Å². The maximum atomic E-state index is 10.3. The smallest absolute Gasteiger partial charge is 0.124 e. The van der Waals surface area contributed by atoms with E-state index in [1.807, 2.05) is 42.1 Å². The van der Waals surface area contributed by atoms with Crippen LogP contribution in [0.5, 0.6) is 5.75 Å². The molecule has 25 heavy (non-hydrogen) atoms. The molecular formula is C22H19NOS. The summed E-state index contributed by atoms with van der Waals surface area (Å²) in [5.74, 6) is 0.286. The highest BCUT2D eigenvalue weighted by molar-refractivity contribution is 7.99. The number of fused-ring (bicyclic) bond motifs is 1. The lowest BCUT2D eigenvalue weighted by Crippen LogP contribution is -2.06. The van der Waals surface area contributed by atoms with Crippen LogP contribution in [0.3, 0.4) is 0 Å². The topological polar surface area (TPSA) is 32.6 Å². The van der Waals surface area contributed by atoms with Gasteiger partial charge in [-0.2, -0.15) is 0 Å². The fraction of sp³-hybridized carbons (Fsp3) is 0.136. The lowest BCUT2D eigenvalue weighted by Gasteiger charge is -2.18. The van der Waals surface area contributed by atoms with E-state index in [9.17, 15) is 5.11 Å². The first-order valence-corrected chi connectivity index (χ1v) is 9.27. The number of hydrogen-bond acceptors (Lipinski definition) is 3. The van der Waals surface area contributed by atoms with E-state index in [-0.39, 0.29) is 11.0 Å². The Kier molecular flexibility index (Phi) is 4.33. The third-order valence-electron chi connectivity index (χ3n) is 4.52. The summed E-state index contributed by atoms with van der Waals surface area (Å²) < 4.78 is 0. The van der Waals surface area contributed by atoms with Gasteiger partial charge < -0.3 is 5.11 Å². The third-order valence-corrected chi connectivity index (χ3v) is 5.82. The Labute approximate surface area is 152 Å². The summed E-state index contributed by atoms with van der Waals surface area (Å²) in [5.41, 5.74) is 5.34. The summed E-state index contributed by atoms with van der Waals surface area (Å²) in [7, 11) is 0. The molecule has 3 aromatic rings. The van der Waals surface area contributed by atoms with Crippen LogP contribution in [0.15, 0.2) is 82.7 Å². The second-order valence-corrected chi connectivity index (χ2v) is 7.46. The van der Waals surface area contributed by atoms with Crippen molar-refractivity contribution >= 4 is 23.2 Å². The van der Waals surface area contributed by atoms with E-state index in [0.29, 0.717) is 0 Å². The first-order chi connectivity index (χ1) is 12.2. The summed E-state index contributed by atoms with van der Waals surface area (Å²) in [6.07, 6.45) is 0.780. The molecule has 0 amide bonds. The van der Waals surface area contributed by atoms with Crippen molar-refractivity contribution < 1.29 is 5.11 Å². The molecule has 1 aliphatic rings. The first kappa shape index (κ1) is 16.0. The molecule has 2 nitrogen and oxygen atoms in total. The van der Waals surface area contributed by atoms with Crippen molar-refractivity contribution in [2.24, 2.45) is 4.99 Å². The van der Waals surface area contributed by atoms with E-state index in [2.05, 4.69) is 43.3 Å². The molecule has 0 saturated heterocycles. The molecule has 1 N–H and O–H groups in total. The van der Waals surface area contributed by atoms with E-state index in [1.165, 1.54) is 16.0 Å². The number of phenols is 1. The number of rotatable bonds is 2. The van der Waals surface area contributed by atoms with Gasteiger partial charge >= 0.3 is 0 Å². The van der Waals surface area contributed by atoms with E-state index in [0.717, 1.165) is 23.4 Å². The van der Waals surface area contributed by atoms with Crippen molar-refractivity contribution in [2.45, 2.75) is 23.5 Å². The van der Waals surface area contributed by atoms with Gasteiger partial charge in [-0.25, -0.2) is 0 Å². The maximum absolute atomic E-state index is 10.3. The number of benzene rings is 3. The van der Waals surface area contributed by atoms with Crippen molar-refractivity contribution in [1.29, 1.82) is 0 Å². The van der Waals surface area contributed by atoms with Crippen LogP contribution in [-0.2, 0) is 0 Å². The van der Waals surface area contributed by atoms with Gasteiger partial charge in [-0.05, 0) is 42.3 Å². The van der Waals surface area contributed by atoms with Gasteiger partial charge in [-0.15, -0.1) is 11.8 Å². The summed E-state index contributed by atoms with van der Waals surface area (Å²) in [6, 6.07) is 24.2. The van der Waals surface area contributed by atoms with Gasteiger partial charge in [0.2, 0.25) is 0 Å². The Bertz CT molecular complexity index is 948. The highest BCUT2D eigenvalue weighted by Crippen LogP contribution is 2.46. The average molecular weight is 345 g/mol. The number of aryl methyl sites for hydroxylation is 1. The van der Waals surface area contributed by atoms with Crippen LogP contribution in [0.4, 0.5) is 5.69 Å². The summed E-state index contributed by atoms with van der Waals surface area (Å²) in [4.78, 5) is 6.09. The predicted molar refractivity (Wildman–Crippen MR) is 105 cm³/mol. The first-order valence-electron chi connectivity index (χ1n) is 8.39. The lowest BCUT2D eigenvalue weighted by atomic mass is 9.98. The largest absolute Gasteiger partial charge is 0.507 e. The van der Waals surface area contributed by atoms with Gasteiger partial charge in [0.25, 0.3) is 0 Å². The van der Waals surface area contributed by atoms with E-state index >= 15 is 0 Å². The Balaban J connectivity index is 1.85. The molecule has 1 aliphatic heterocycles. The quantitative estimate of drug-likeness (QED) is 0.612. The summed E-state index contributed by atoms with van der Waals surface area (Å²) in [6.45, 7) is 2.16. The van der Waals surface area contributed by atoms with Crippen LogP contribution in [-0.4, -0.2) is 10.8 Å². The minimum absolute atomic E-state index is 0.267. The van der Waals surface area contributed by atoms with Gasteiger partial charge in [0.05, 0.1) is 11.4 Å². The maximum Gasteiger partial charge on any atom is 0.124 e. The molecule has 3 aromatic carbocycles. The molecule has 0 aliphatic carbocycles. The minimum atomic E-state index is 0.267. The SMILES string of the molecule is Cc1ccccc1[C@@H]1CC(c2ccccc2O)=Nc2ccccc2S1. The molecule has 0 spiro atoms. The van der Waals surface area contributed by atoms with Crippen molar-refractivity contribution in [3.8, 4) is 5.75 Å². The Morgan fingerprint density at radius 3 is 2.48 bits per heavy atom. The number of phenolic OH excluding ortho intramolecular Hbond substituents is 1. The van der Waals surface area contributed by atoms with Crippen molar-refractivity contribution in [3.05, 3.63) is 89.5 Å². The Morgan fingerprint density at radius 2 is 1.64 bits per heavy atom. The zero-order valence-electron chi connectivity index (χ0n) is 14.0. The number of hydrogen-bond donors (Lipinski definition) is 1. The van der Waals surface area contributed by atoms with Gasteiger partial charge in [-0.3, -0.25) is 4.99 Å². The van der Waals surface area contributed by atoms with Crippen LogP contribution in [0.2, 0.25) is 0 Å². The molecule has 0 bridgehead atoms. The third kappa shape index (κ3) is 3.20. The summed E-state index contributed by atoms with van der Waals surface area (Å²) in [5, 5.41) is 10.6. The Morgan fingerprint density at radius 1 is 0.920 bits per heavy atom. The zero-order chi connectivity index (χ0) is 17.2. The lowest BCUT2D eigenvalue weighted by molar-refractivity contribution is 0.474. The fourth-order valence-electron chi connectivity index (χ4n) is 3.22. The van der Waals surface area contributed by atoms with Gasteiger partial charge in [-0.1, -0.05) is 48.5 Å². The van der Waals surface area contributed by atoms with E-state index in [4.69, 9.17) is 4.99 Å². The molecule has 0 saturated carbocycles. The standard InChI is InChI=1S/C22H19NOS/c1-15-8-2-3-9-16(15)22-14-19(17-10-4-6-12-20(17)24)23-18-11-5-7-13-21(18)25-22/h2-13,22,24H,14H2,1H3/t22-/m0/s1. The van der Waals surface area contributed by atoms with Crippen LogP contribution >= 0.6 is 11.8 Å². The van der Waals surface area contributed by atoms with Crippen LogP contribution in [0.1, 0.15) is 28.4 Å². The average Bonchev–Trinajstić information content (AvgIpc) is 2.82. The highest BCUT2D eigenvalue weighted by Gasteiger charge is 2.24. The molecule has 1 atom stereocenters. The van der Waals surface area contributed by atoms with Crippen molar-refractivity contribution in [1.82, 2.24) is 0 Å². The second-order valence-electron chi connectivity index (χ2n) is 6.21. The molecule has 4 rings (SSSR count). The predicted octanol–water partition coefficient (Wildman–Crippen LogP) is 6.06. The molecule has 0 fully saturated rings. The molecule has 1 heterocycles. The normalized spacial score (nSPS) is 16.7. The second kappa shape index (κ2) is 6.77. The fourth-order valence-corrected chi connectivity index (χ4v) is 4.55. The van der Waals surface area contributed by atoms with Crippen molar-refractivity contribution in [2.75, 3.05) is 0 Å². The number of aliphatic imine (C=N–C) groups is 1. The van der Waals surface area contributed by atoms with E-state index in [1.54, 1.807) is 6.07 Å². The summed E-state index contributed by atoms with van der Waals surface area (Å²) >= 11 is 1.85. The number of para-hydroxylation sites is 2. The highest BCUT2D eigenvalue weighted by atomic mass is 32.2. The molecule has 0 aromatic heterocycles. The minimum Gasteiger partial charge on any atom is -0.507 e. The van der Waals surface area contributed by atoms with Crippen LogP contribution < -0.4 is 0 Å². The zero-order valence-corrected chi connectivity index (χ0v) is 14.8. The number of thioether (sulfide) groups is 1. The molecule has 0 radical (unpaired) electrons. The van der Waals surface area contributed by atoms with Gasteiger partial charge in [0, 0.05) is 22.1 Å². The monoisotopic (exact) mass is 345 g/mol. The van der Waals surface area contributed by atoms with Crippen molar-refractivity contribution in [3.63, 3.8) is 0 Å². The number of aromatic hydroxyl groups is 1. The number of nitrogens with zero attached hydrogens (tertiary/aromatic N) is 1. The molecule has 0 unspecified atom stereocenters. The van der Waals surface area contributed by atoms with E-state index < -0.39 is 0 Å². The molecule has 3 heteroatoms. The van der Waals surface area contributed by atoms with Crippen LogP contribution in [0.25, 0.3) is 0 Å². The molecular weight excluding hydrogens is 326 g/mol.